The fraction of sp³-hybridized carbons (Fsp3) is 0.286. The van der Waals surface area contributed by atoms with Crippen LogP contribution in [0.5, 0.6) is 0 Å². The van der Waals surface area contributed by atoms with E-state index in [1.165, 1.54) is 17.7 Å². The fourth-order valence-corrected chi connectivity index (χ4v) is 3.23. The summed E-state index contributed by atoms with van der Waals surface area (Å²) >= 11 is 1.65. The molecule has 0 aliphatic carbocycles. The quantitative estimate of drug-likeness (QED) is 0.657. The summed E-state index contributed by atoms with van der Waals surface area (Å²) in [5.41, 5.74) is 5.82. The van der Waals surface area contributed by atoms with Gasteiger partial charge in [0.05, 0.1) is 6.04 Å². The van der Waals surface area contributed by atoms with Crippen molar-refractivity contribution in [3.63, 3.8) is 0 Å². The third kappa shape index (κ3) is 2.61. The summed E-state index contributed by atoms with van der Waals surface area (Å²) in [6.07, 6.45) is 0.950. The topological polar surface area (TPSA) is 38.0 Å². The van der Waals surface area contributed by atoms with E-state index in [-0.39, 0.29) is 11.9 Å². The third-order valence-corrected chi connectivity index (χ3v) is 4.01. The SMILES string of the molecule is CCc1ccsc1C(NN)c1cc(C)cc(F)c1. The van der Waals surface area contributed by atoms with Gasteiger partial charge >= 0.3 is 0 Å². The molecule has 1 aromatic carbocycles. The van der Waals surface area contributed by atoms with Gasteiger partial charge in [0.15, 0.2) is 0 Å². The van der Waals surface area contributed by atoms with Crippen molar-refractivity contribution < 1.29 is 4.39 Å². The lowest BCUT2D eigenvalue weighted by molar-refractivity contribution is 0.606. The summed E-state index contributed by atoms with van der Waals surface area (Å²) in [6.45, 7) is 3.99. The van der Waals surface area contributed by atoms with Crippen LogP contribution in [0.15, 0.2) is 29.6 Å². The number of nitrogens with one attached hydrogen (secondary N) is 1. The maximum Gasteiger partial charge on any atom is 0.123 e. The van der Waals surface area contributed by atoms with Crippen LogP contribution in [0.2, 0.25) is 0 Å². The molecule has 0 saturated heterocycles. The monoisotopic (exact) mass is 264 g/mol. The lowest BCUT2D eigenvalue weighted by atomic mass is 10.0. The minimum absolute atomic E-state index is 0.144. The first-order valence-electron chi connectivity index (χ1n) is 5.95. The number of benzene rings is 1. The molecule has 2 aromatic rings. The Morgan fingerprint density at radius 2 is 2.17 bits per heavy atom. The van der Waals surface area contributed by atoms with Crippen molar-refractivity contribution in [3.05, 3.63) is 57.0 Å². The van der Waals surface area contributed by atoms with Gasteiger partial charge in [-0.25, -0.2) is 9.82 Å². The molecule has 0 spiro atoms. The van der Waals surface area contributed by atoms with Crippen LogP contribution < -0.4 is 11.3 Å². The molecule has 1 unspecified atom stereocenters. The largest absolute Gasteiger partial charge is 0.271 e. The second-order valence-corrected chi connectivity index (χ2v) is 5.27. The second-order valence-electron chi connectivity index (χ2n) is 4.33. The first kappa shape index (κ1) is 13.2. The average molecular weight is 264 g/mol. The van der Waals surface area contributed by atoms with E-state index in [1.54, 1.807) is 11.3 Å². The number of hydrogen-bond acceptors (Lipinski definition) is 3. The highest BCUT2D eigenvalue weighted by molar-refractivity contribution is 7.10. The van der Waals surface area contributed by atoms with Crippen molar-refractivity contribution >= 4 is 11.3 Å². The summed E-state index contributed by atoms with van der Waals surface area (Å²) in [4.78, 5) is 1.16. The molecule has 0 aliphatic rings. The standard InChI is InChI=1S/C14H17FN2S/c1-3-10-4-5-18-14(10)13(17-16)11-6-9(2)7-12(15)8-11/h4-8,13,17H,3,16H2,1-2H3. The molecular formula is C14H17FN2S. The average Bonchev–Trinajstić information content (AvgIpc) is 2.77. The Hall–Kier alpha value is -1.23. The normalized spacial score (nSPS) is 12.7. The maximum absolute atomic E-state index is 13.5. The Balaban J connectivity index is 2.45. The predicted octanol–water partition coefficient (Wildman–Crippen LogP) is 3.31. The molecule has 0 amide bonds. The van der Waals surface area contributed by atoms with E-state index in [0.717, 1.165) is 22.4 Å². The lowest BCUT2D eigenvalue weighted by Crippen LogP contribution is -2.29. The van der Waals surface area contributed by atoms with Crippen LogP contribution >= 0.6 is 11.3 Å². The number of hydrazine groups is 1. The Morgan fingerprint density at radius 3 is 2.78 bits per heavy atom. The van der Waals surface area contributed by atoms with Crippen molar-refractivity contribution in [1.29, 1.82) is 0 Å². The van der Waals surface area contributed by atoms with Crippen molar-refractivity contribution in [2.24, 2.45) is 5.84 Å². The Labute approximate surface area is 111 Å². The van der Waals surface area contributed by atoms with Gasteiger partial charge in [-0.15, -0.1) is 11.3 Å². The molecule has 18 heavy (non-hydrogen) atoms. The number of aryl methyl sites for hydroxylation is 2. The molecule has 0 bridgehead atoms. The van der Waals surface area contributed by atoms with Crippen LogP contribution in [0, 0.1) is 12.7 Å². The molecule has 0 fully saturated rings. The number of nitrogens with two attached hydrogens (primary N) is 1. The molecule has 0 radical (unpaired) electrons. The van der Waals surface area contributed by atoms with Crippen molar-refractivity contribution in [3.8, 4) is 0 Å². The van der Waals surface area contributed by atoms with E-state index < -0.39 is 0 Å². The zero-order valence-electron chi connectivity index (χ0n) is 10.5. The van der Waals surface area contributed by atoms with Crippen molar-refractivity contribution in [1.82, 2.24) is 5.43 Å². The number of thiophene rings is 1. The van der Waals surface area contributed by atoms with Crippen LogP contribution in [0.25, 0.3) is 0 Å². The first-order valence-corrected chi connectivity index (χ1v) is 6.83. The van der Waals surface area contributed by atoms with E-state index in [2.05, 4.69) is 18.4 Å². The van der Waals surface area contributed by atoms with Gasteiger partial charge in [0.1, 0.15) is 5.82 Å². The molecule has 96 valence electrons. The lowest BCUT2D eigenvalue weighted by Gasteiger charge is -2.17. The first-order chi connectivity index (χ1) is 8.65. The van der Waals surface area contributed by atoms with Gasteiger partial charge in [0.25, 0.3) is 0 Å². The van der Waals surface area contributed by atoms with E-state index in [0.29, 0.717) is 0 Å². The molecule has 2 nitrogen and oxygen atoms in total. The Kier molecular flexibility index (Phi) is 4.11. The summed E-state index contributed by atoms with van der Waals surface area (Å²) in [5, 5.41) is 2.05. The zero-order chi connectivity index (χ0) is 13.1. The van der Waals surface area contributed by atoms with E-state index in [1.807, 2.05) is 18.4 Å². The highest BCUT2D eigenvalue weighted by atomic mass is 32.1. The van der Waals surface area contributed by atoms with E-state index >= 15 is 0 Å². The van der Waals surface area contributed by atoms with Crippen LogP contribution in [0.1, 0.15) is 34.5 Å². The zero-order valence-corrected chi connectivity index (χ0v) is 11.4. The smallest absolute Gasteiger partial charge is 0.123 e. The van der Waals surface area contributed by atoms with Gasteiger partial charge in [0, 0.05) is 4.88 Å². The van der Waals surface area contributed by atoms with Crippen LogP contribution in [0.3, 0.4) is 0 Å². The van der Waals surface area contributed by atoms with Crippen molar-refractivity contribution in [2.75, 3.05) is 0 Å². The summed E-state index contributed by atoms with van der Waals surface area (Å²) in [7, 11) is 0. The molecule has 1 heterocycles. The highest BCUT2D eigenvalue weighted by Crippen LogP contribution is 2.30. The molecule has 0 aliphatic heterocycles. The van der Waals surface area contributed by atoms with Gasteiger partial charge < -0.3 is 0 Å². The molecule has 1 atom stereocenters. The fourth-order valence-electron chi connectivity index (χ4n) is 2.15. The molecule has 4 heteroatoms. The Morgan fingerprint density at radius 1 is 1.39 bits per heavy atom. The molecule has 3 N–H and O–H groups in total. The summed E-state index contributed by atoms with van der Waals surface area (Å²) in [5.74, 6) is 5.43. The number of rotatable bonds is 4. The maximum atomic E-state index is 13.5. The van der Waals surface area contributed by atoms with Gasteiger partial charge in [-0.1, -0.05) is 13.0 Å². The molecule has 1 aromatic heterocycles. The van der Waals surface area contributed by atoms with Crippen LogP contribution in [0.4, 0.5) is 4.39 Å². The Bertz CT molecular complexity index is 516. The van der Waals surface area contributed by atoms with E-state index in [4.69, 9.17) is 5.84 Å². The molecule has 0 saturated carbocycles. The summed E-state index contributed by atoms with van der Waals surface area (Å²) in [6, 6.07) is 6.97. The van der Waals surface area contributed by atoms with Crippen molar-refractivity contribution in [2.45, 2.75) is 26.3 Å². The second kappa shape index (κ2) is 5.61. The number of hydrogen-bond donors (Lipinski definition) is 2. The van der Waals surface area contributed by atoms with Gasteiger partial charge in [0.2, 0.25) is 0 Å². The third-order valence-electron chi connectivity index (χ3n) is 2.99. The highest BCUT2D eigenvalue weighted by Gasteiger charge is 2.17. The molecular weight excluding hydrogens is 247 g/mol. The minimum Gasteiger partial charge on any atom is -0.271 e. The molecule has 2 rings (SSSR count). The van der Waals surface area contributed by atoms with Crippen LogP contribution in [-0.4, -0.2) is 0 Å². The predicted molar refractivity (Wildman–Crippen MR) is 74.0 cm³/mol. The van der Waals surface area contributed by atoms with Gasteiger partial charge in [-0.05, 0) is 53.6 Å². The van der Waals surface area contributed by atoms with Gasteiger partial charge in [-0.2, -0.15) is 0 Å². The summed E-state index contributed by atoms with van der Waals surface area (Å²) < 4.78 is 13.5. The van der Waals surface area contributed by atoms with E-state index in [9.17, 15) is 4.39 Å². The minimum atomic E-state index is -0.222. The van der Waals surface area contributed by atoms with Crippen LogP contribution in [-0.2, 0) is 6.42 Å². The van der Waals surface area contributed by atoms with Gasteiger partial charge in [-0.3, -0.25) is 5.84 Å². The number of halogens is 1.